The summed E-state index contributed by atoms with van der Waals surface area (Å²) in [5, 5.41) is 0. The summed E-state index contributed by atoms with van der Waals surface area (Å²) in [7, 11) is 1.50. The number of likely N-dealkylation sites (tertiary alicyclic amines) is 1. The molecule has 4 nitrogen and oxygen atoms in total. The van der Waals surface area contributed by atoms with Gasteiger partial charge < -0.3 is 10.5 Å². The minimum atomic E-state index is 0.0126. The molecule has 3 atom stereocenters. The summed E-state index contributed by atoms with van der Waals surface area (Å²) in [6.07, 6.45) is 5.17. The second kappa shape index (κ2) is 3.48. The minimum absolute atomic E-state index is 0.0126. The van der Waals surface area contributed by atoms with Gasteiger partial charge in [-0.05, 0) is 42.9 Å². The van der Waals surface area contributed by atoms with Crippen LogP contribution < -0.4 is 5.73 Å². The topological polar surface area (TPSA) is 55.6 Å². The fourth-order valence-corrected chi connectivity index (χ4v) is 5.01. The van der Waals surface area contributed by atoms with E-state index in [0.29, 0.717) is 23.3 Å². The van der Waals surface area contributed by atoms with Crippen molar-refractivity contribution < 1.29 is 9.53 Å². The van der Waals surface area contributed by atoms with Crippen molar-refractivity contribution in [1.82, 2.24) is 4.90 Å². The van der Waals surface area contributed by atoms with E-state index in [1.807, 2.05) is 0 Å². The van der Waals surface area contributed by atoms with Crippen LogP contribution in [0.1, 0.15) is 25.7 Å². The number of hydrogen-bond donors (Lipinski definition) is 1. The third-order valence-electron chi connectivity index (χ3n) is 6.10. The zero-order valence-electron chi connectivity index (χ0n) is 11.0. The van der Waals surface area contributed by atoms with Gasteiger partial charge in [0.05, 0.1) is 13.0 Å². The molecule has 18 heavy (non-hydrogen) atoms. The highest BCUT2D eigenvalue weighted by molar-refractivity contribution is 5.76. The third-order valence-corrected chi connectivity index (χ3v) is 6.10. The lowest BCUT2D eigenvalue weighted by Gasteiger charge is -2.61. The van der Waals surface area contributed by atoms with Crippen molar-refractivity contribution >= 4 is 5.97 Å². The maximum Gasteiger partial charge on any atom is 0.309 e. The summed E-state index contributed by atoms with van der Waals surface area (Å²) >= 11 is 0. The quantitative estimate of drug-likeness (QED) is 0.730. The van der Waals surface area contributed by atoms with E-state index in [1.54, 1.807) is 0 Å². The Morgan fingerprint density at radius 3 is 2.44 bits per heavy atom. The molecule has 3 saturated carbocycles. The van der Waals surface area contributed by atoms with Crippen molar-refractivity contribution in [2.45, 2.75) is 37.8 Å². The highest BCUT2D eigenvalue weighted by atomic mass is 16.5. The maximum absolute atomic E-state index is 11.5. The van der Waals surface area contributed by atoms with Gasteiger partial charge in [0.2, 0.25) is 0 Å². The summed E-state index contributed by atoms with van der Waals surface area (Å²) in [5.41, 5.74) is 6.53. The second-order valence-electron chi connectivity index (χ2n) is 6.92. The summed E-state index contributed by atoms with van der Waals surface area (Å²) in [6.45, 7) is 2.23. The highest BCUT2D eigenvalue weighted by Gasteiger charge is 2.64. The zero-order valence-corrected chi connectivity index (χ0v) is 11.0. The molecule has 3 unspecified atom stereocenters. The molecule has 1 saturated heterocycles. The number of esters is 1. The number of piperidine rings is 1. The van der Waals surface area contributed by atoms with Crippen LogP contribution in [0.2, 0.25) is 0 Å². The first-order valence-corrected chi connectivity index (χ1v) is 7.22. The molecule has 3 aliphatic carbocycles. The normalized spacial score (nSPS) is 53.6. The Labute approximate surface area is 108 Å². The predicted molar refractivity (Wildman–Crippen MR) is 66.7 cm³/mol. The molecule has 4 aliphatic rings. The molecule has 2 N–H and O–H groups in total. The van der Waals surface area contributed by atoms with E-state index in [4.69, 9.17) is 10.5 Å². The molecule has 1 spiro atoms. The Hall–Kier alpha value is -0.610. The van der Waals surface area contributed by atoms with Crippen LogP contribution in [0.4, 0.5) is 0 Å². The molecular formula is C14H22N2O2. The van der Waals surface area contributed by atoms with Gasteiger partial charge in [0, 0.05) is 25.2 Å². The van der Waals surface area contributed by atoms with E-state index in [0.717, 1.165) is 19.1 Å². The van der Waals surface area contributed by atoms with Crippen LogP contribution in [0.3, 0.4) is 0 Å². The number of carbonyl (C=O) groups excluding carboxylic acids is 1. The smallest absolute Gasteiger partial charge is 0.309 e. The molecule has 4 heteroatoms. The number of fused-ring (bicyclic) bond motifs is 1. The van der Waals surface area contributed by atoms with Gasteiger partial charge in [0.25, 0.3) is 0 Å². The summed E-state index contributed by atoms with van der Waals surface area (Å²) in [4.78, 5) is 14.2. The fourth-order valence-electron chi connectivity index (χ4n) is 5.01. The Morgan fingerprint density at radius 2 is 2.00 bits per heavy atom. The molecule has 4 rings (SSSR count). The first-order valence-electron chi connectivity index (χ1n) is 7.22. The van der Waals surface area contributed by atoms with Crippen molar-refractivity contribution in [3.05, 3.63) is 0 Å². The van der Waals surface area contributed by atoms with Crippen LogP contribution in [-0.2, 0) is 9.53 Å². The average Bonchev–Trinajstić information content (AvgIpc) is 2.79. The van der Waals surface area contributed by atoms with Crippen LogP contribution >= 0.6 is 0 Å². The molecule has 0 aromatic rings. The number of nitrogens with two attached hydrogens (primary N) is 1. The van der Waals surface area contributed by atoms with Crippen LogP contribution in [0.15, 0.2) is 0 Å². The van der Waals surface area contributed by atoms with Crippen molar-refractivity contribution in [3.63, 3.8) is 0 Å². The van der Waals surface area contributed by atoms with Crippen molar-refractivity contribution in [2.75, 3.05) is 20.2 Å². The van der Waals surface area contributed by atoms with Gasteiger partial charge in [-0.25, -0.2) is 0 Å². The van der Waals surface area contributed by atoms with Crippen molar-refractivity contribution in [1.29, 1.82) is 0 Å². The van der Waals surface area contributed by atoms with Crippen LogP contribution in [0, 0.1) is 23.2 Å². The lowest BCUT2D eigenvalue weighted by molar-refractivity contribution is -0.144. The van der Waals surface area contributed by atoms with Crippen molar-refractivity contribution in [2.24, 2.45) is 28.9 Å². The molecule has 1 heterocycles. The van der Waals surface area contributed by atoms with E-state index in [9.17, 15) is 4.79 Å². The number of rotatable bonds is 2. The molecule has 100 valence electrons. The molecule has 4 fully saturated rings. The average molecular weight is 250 g/mol. The van der Waals surface area contributed by atoms with Crippen LogP contribution in [0.5, 0.6) is 0 Å². The molecule has 0 aromatic carbocycles. The van der Waals surface area contributed by atoms with Gasteiger partial charge in [-0.2, -0.15) is 0 Å². The Morgan fingerprint density at radius 1 is 1.33 bits per heavy atom. The Balaban J connectivity index is 1.36. The van der Waals surface area contributed by atoms with E-state index >= 15 is 0 Å². The number of nitrogens with zero attached hydrogens (tertiary/aromatic N) is 1. The second-order valence-corrected chi connectivity index (χ2v) is 6.92. The van der Waals surface area contributed by atoms with Gasteiger partial charge in [-0.15, -0.1) is 0 Å². The monoisotopic (exact) mass is 250 g/mol. The number of hydrogen-bond acceptors (Lipinski definition) is 4. The SMILES string of the molecule is COC(=O)C1C2CN(C3CCC34CC(N)C4)CC21. The van der Waals surface area contributed by atoms with Gasteiger partial charge in [0.15, 0.2) is 0 Å². The van der Waals surface area contributed by atoms with Gasteiger partial charge in [-0.1, -0.05) is 0 Å². The summed E-state index contributed by atoms with van der Waals surface area (Å²) < 4.78 is 4.86. The standard InChI is InChI=1S/C14H22N2O2/c1-18-13(17)12-9-6-16(7-10(9)12)11-2-3-14(11)4-8(15)5-14/h8-12H,2-7,15H2,1H3. The van der Waals surface area contributed by atoms with E-state index < -0.39 is 0 Å². The third kappa shape index (κ3) is 1.31. The first kappa shape index (κ1) is 11.2. The summed E-state index contributed by atoms with van der Waals surface area (Å²) in [6, 6.07) is 1.22. The van der Waals surface area contributed by atoms with Gasteiger partial charge in [0.1, 0.15) is 0 Å². The summed E-state index contributed by atoms with van der Waals surface area (Å²) in [5.74, 6) is 1.40. The van der Waals surface area contributed by atoms with Gasteiger partial charge >= 0.3 is 5.97 Å². The number of methoxy groups -OCH3 is 1. The molecule has 0 aromatic heterocycles. The Kier molecular flexibility index (Phi) is 2.17. The minimum Gasteiger partial charge on any atom is -0.469 e. The highest BCUT2D eigenvalue weighted by Crippen LogP contribution is 2.61. The molecule has 1 aliphatic heterocycles. The van der Waals surface area contributed by atoms with E-state index in [2.05, 4.69) is 4.90 Å². The molecular weight excluding hydrogens is 228 g/mol. The molecule has 0 bridgehead atoms. The lowest BCUT2D eigenvalue weighted by atomic mass is 9.51. The largest absolute Gasteiger partial charge is 0.469 e. The fraction of sp³-hybridized carbons (Fsp3) is 0.929. The maximum atomic E-state index is 11.5. The molecule has 0 amide bonds. The Bertz CT molecular complexity index is 379. The first-order chi connectivity index (χ1) is 8.64. The number of carbonyl (C=O) groups is 1. The predicted octanol–water partition coefficient (Wildman–Crippen LogP) is 0.607. The van der Waals surface area contributed by atoms with E-state index in [1.165, 1.54) is 32.8 Å². The zero-order chi connectivity index (χ0) is 12.5. The number of ether oxygens (including phenoxy) is 1. The van der Waals surface area contributed by atoms with Crippen LogP contribution in [0.25, 0.3) is 0 Å². The van der Waals surface area contributed by atoms with E-state index in [-0.39, 0.29) is 11.9 Å². The van der Waals surface area contributed by atoms with Gasteiger partial charge in [-0.3, -0.25) is 9.69 Å². The van der Waals surface area contributed by atoms with Crippen molar-refractivity contribution in [3.8, 4) is 0 Å². The lowest BCUT2D eigenvalue weighted by Crippen LogP contribution is -2.64. The molecule has 0 radical (unpaired) electrons. The van der Waals surface area contributed by atoms with Crippen LogP contribution in [-0.4, -0.2) is 43.2 Å².